The molecule has 0 bridgehead atoms. The first-order valence-electron chi connectivity index (χ1n) is 6.88. The third kappa shape index (κ3) is 4.34. The Bertz CT molecular complexity index is 788. The average Bonchev–Trinajstić information content (AvgIpc) is 3.05. The Morgan fingerprint density at radius 1 is 1.13 bits per heavy atom. The number of hydrogen-bond donors (Lipinski definition) is 1. The Hall–Kier alpha value is -1.82. The first kappa shape index (κ1) is 16.1. The Kier molecular flexibility index (Phi) is 5.33. The van der Waals surface area contributed by atoms with Crippen LogP contribution in [0.2, 0.25) is 5.02 Å². The number of rotatable bonds is 5. The topological polar surface area (TPSA) is 42.0 Å². The van der Waals surface area contributed by atoms with Crippen LogP contribution in [0.25, 0.3) is 0 Å². The molecule has 3 rings (SSSR count). The number of pyridine rings is 1. The molecule has 0 atom stereocenters. The maximum absolute atomic E-state index is 12.4. The number of carbonyl (C=O) groups is 1. The number of aromatic nitrogens is 1. The minimum absolute atomic E-state index is 0.106. The highest BCUT2D eigenvalue weighted by Crippen LogP contribution is 2.32. The van der Waals surface area contributed by atoms with Crippen molar-refractivity contribution in [2.75, 3.05) is 5.32 Å². The highest BCUT2D eigenvalue weighted by molar-refractivity contribution is 8.00. The van der Waals surface area contributed by atoms with E-state index in [4.69, 9.17) is 11.6 Å². The van der Waals surface area contributed by atoms with Crippen molar-refractivity contribution < 1.29 is 4.79 Å². The minimum atomic E-state index is -0.106. The van der Waals surface area contributed by atoms with Crippen LogP contribution < -0.4 is 5.32 Å². The molecule has 1 N–H and O–H groups in total. The van der Waals surface area contributed by atoms with Crippen LogP contribution in [0.3, 0.4) is 0 Å². The van der Waals surface area contributed by atoms with Gasteiger partial charge in [0.2, 0.25) is 0 Å². The van der Waals surface area contributed by atoms with E-state index in [2.05, 4.69) is 10.3 Å². The minimum Gasteiger partial charge on any atom is -0.322 e. The van der Waals surface area contributed by atoms with Crippen molar-refractivity contribution >= 4 is 46.3 Å². The fourth-order valence-corrected chi connectivity index (χ4v) is 4.10. The molecule has 6 heteroatoms. The van der Waals surface area contributed by atoms with Gasteiger partial charge >= 0.3 is 0 Å². The predicted octanol–water partition coefficient (Wildman–Crippen LogP) is 5.34. The van der Waals surface area contributed by atoms with Gasteiger partial charge in [0.25, 0.3) is 5.91 Å². The van der Waals surface area contributed by atoms with Crippen LogP contribution >= 0.6 is 34.7 Å². The molecule has 0 fully saturated rings. The first-order chi connectivity index (χ1) is 11.2. The predicted molar refractivity (Wildman–Crippen MR) is 97.5 cm³/mol. The first-order valence-corrected chi connectivity index (χ1v) is 9.13. The Balaban J connectivity index is 1.67. The molecule has 23 heavy (non-hydrogen) atoms. The fourth-order valence-electron chi connectivity index (χ4n) is 1.94. The van der Waals surface area contributed by atoms with E-state index in [1.54, 1.807) is 59.8 Å². The van der Waals surface area contributed by atoms with Gasteiger partial charge in [-0.15, -0.1) is 23.1 Å². The molecule has 3 aromatic rings. The quantitative estimate of drug-likeness (QED) is 0.624. The van der Waals surface area contributed by atoms with Crippen molar-refractivity contribution in [3.8, 4) is 0 Å². The summed E-state index contributed by atoms with van der Waals surface area (Å²) in [6.45, 7) is 0. The summed E-state index contributed by atoms with van der Waals surface area (Å²) < 4.78 is 1.01. The number of anilines is 1. The van der Waals surface area contributed by atoms with Gasteiger partial charge in [0, 0.05) is 28.9 Å². The third-order valence-corrected chi connectivity index (χ3v) is 5.66. The van der Waals surface area contributed by atoms with E-state index < -0.39 is 0 Å². The number of thiophene rings is 1. The molecule has 0 aliphatic carbocycles. The van der Waals surface area contributed by atoms with Gasteiger partial charge in [-0.05, 0) is 53.4 Å². The molecule has 3 nitrogen and oxygen atoms in total. The molecule has 2 heterocycles. The Morgan fingerprint density at radius 2 is 1.87 bits per heavy atom. The zero-order valence-corrected chi connectivity index (χ0v) is 14.4. The number of benzene rings is 1. The van der Waals surface area contributed by atoms with Gasteiger partial charge in [-0.25, -0.2) is 0 Å². The van der Waals surface area contributed by atoms with E-state index in [-0.39, 0.29) is 5.91 Å². The number of amides is 1. The molecule has 1 amide bonds. The van der Waals surface area contributed by atoms with Crippen LogP contribution in [0.15, 0.2) is 64.4 Å². The standard InChI is InChI=1S/C17H13ClN2OS2/c18-13-1-3-14(4-2-13)20-16(21)15-7-10-22-17(15)23-11-12-5-8-19-9-6-12/h1-10H,11H2,(H,20,21). The van der Waals surface area contributed by atoms with E-state index in [1.165, 1.54) is 5.56 Å². The molecule has 0 unspecified atom stereocenters. The molecule has 0 spiro atoms. The molecule has 0 radical (unpaired) electrons. The lowest BCUT2D eigenvalue weighted by atomic mass is 10.3. The van der Waals surface area contributed by atoms with Gasteiger partial charge in [0.1, 0.15) is 0 Å². The van der Waals surface area contributed by atoms with E-state index in [0.717, 1.165) is 15.6 Å². The molecule has 0 saturated heterocycles. The summed E-state index contributed by atoms with van der Waals surface area (Å²) in [7, 11) is 0. The number of nitrogens with zero attached hydrogens (tertiary/aromatic N) is 1. The number of nitrogens with one attached hydrogen (secondary N) is 1. The van der Waals surface area contributed by atoms with Gasteiger partial charge in [0.05, 0.1) is 9.77 Å². The average molecular weight is 361 g/mol. The lowest BCUT2D eigenvalue weighted by Gasteiger charge is -2.06. The van der Waals surface area contributed by atoms with Gasteiger partial charge < -0.3 is 5.32 Å². The van der Waals surface area contributed by atoms with Crippen molar-refractivity contribution in [1.29, 1.82) is 0 Å². The summed E-state index contributed by atoms with van der Waals surface area (Å²) in [5.41, 5.74) is 2.61. The smallest absolute Gasteiger partial charge is 0.257 e. The zero-order valence-electron chi connectivity index (χ0n) is 12.0. The van der Waals surface area contributed by atoms with Crippen molar-refractivity contribution in [3.05, 3.63) is 76.4 Å². The molecular formula is C17H13ClN2OS2. The summed E-state index contributed by atoms with van der Waals surface area (Å²) in [5, 5.41) is 5.48. The number of carbonyl (C=O) groups excluding carboxylic acids is 1. The van der Waals surface area contributed by atoms with E-state index in [1.807, 2.05) is 23.6 Å². The van der Waals surface area contributed by atoms with Gasteiger partial charge in [-0.1, -0.05) is 11.6 Å². The monoisotopic (exact) mass is 360 g/mol. The summed E-state index contributed by atoms with van der Waals surface area (Å²) in [6.07, 6.45) is 3.55. The van der Waals surface area contributed by atoms with E-state index in [9.17, 15) is 4.79 Å². The van der Waals surface area contributed by atoms with Gasteiger partial charge in [0.15, 0.2) is 0 Å². The normalized spacial score (nSPS) is 10.5. The van der Waals surface area contributed by atoms with Gasteiger partial charge in [-0.3, -0.25) is 9.78 Å². The fraction of sp³-hybridized carbons (Fsp3) is 0.0588. The van der Waals surface area contributed by atoms with Crippen molar-refractivity contribution in [1.82, 2.24) is 4.98 Å². The SMILES string of the molecule is O=C(Nc1ccc(Cl)cc1)c1ccsc1SCc1ccncc1. The second kappa shape index (κ2) is 7.64. The van der Waals surface area contributed by atoms with E-state index in [0.29, 0.717) is 10.6 Å². The van der Waals surface area contributed by atoms with Crippen LogP contribution in [0, 0.1) is 0 Å². The summed E-state index contributed by atoms with van der Waals surface area (Å²) >= 11 is 9.09. The lowest BCUT2D eigenvalue weighted by Crippen LogP contribution is -2.11. The van der Waals surface area contributed by atoms with Crippen LogP contribution in [-0.2, 0) is 5.75 Å². The molecule has 0 aliphatic heterocycles. The molecule has 0 aliphatic rings. The highest BCUT2D eigenvalue weighted by atomic mass is 35.5. The van der Waals surface area contributed by atoms with Crippen LogP contribution in [-0.4, -0.2) is 10.9 Å². The number of thioether (sulfide) groups is 1. The van der Waals surface area contributed by atoms with Crippen molar-refractivity contribution in [3.63, 3.8) is 0 Å². The summed E-state index contributed by atoms with van der Waals surface area (Å²) in [4.78, 5) is 16.4. The van der Waals surface area contributed by atoms with Crippen molar-refractivity contribution in [2.24, 2.45) is 0 Å². The van der Waals surface area contributed by atoms with Gasteiger partial charge in [-0.2, -0.15) is 0 Å². The second-order valence-corrected chi connectivity index (χ2v) is 7.32. The summed E-state index contributed by atoms with van der Waals surface area (Å²) in [5.74, 6) is 0.704. The third-order valence-electron chi connectivity index (χ3n) is 3.10. The number of hydrogen-bond acceptors (Lipinski definition) is 4. The lowest BCUT2D eigenvalue weighted by molar-refractivity contribution is 0.102. The molecular weight excluding hydrogens is 348 g/mol. The molecule has 1 aromatic carbocycles. The van der Waals surface area contributed by atoms with Crippen LogP contribution in [0.4, 0.5) is 5.69 Å². The summed E-state index contributed by atoms with van der Waals surface area (Å²) in [6, 6.07) is 12.9. The second-order valence-electron chi connectivity index (χ2n) is 4.73. The largest absolute Gasteiger partial charge is 0.322 e. The van der Waals surface area contributed by atoms with Crippen LogP contribution in [0.1, 0.15) is 15.9 Å². The molecule has 0 saturated carbocycles. The van der Waals surface area contributed by atoms with E-state index >= 15 is 0 Å². The maximum atomic E-state index is 12.4. The Morgan fingerprint density at radius 3 is 2.61 bits per heavy atom. The highest BCUT2D eigenvalue weighted by Gasteiger charge is 2.13. The number of halogens is 1. The molecule has 2 aromatic heterocycles. The Labute approximate surface area is 147 Å². The zero-order chi connectivity index (χ0) is 16.1. The maximum Gasteiger partial charge on any atom is 0.257 e. The van der Waals surface area contributed by atoms with Crippen LogP contribution in [0.5, 0.6) is 0 Å². The molecule has 116 valence electrons. The van der Waals surface area contributed by atoms with Crippen molar-refractivity contribution in [2.45, 2.75) is 9.96 Å².